The van der Waals surface area contributed by atoms with Crippen LogP contribution in [0.1, 0.15) is 24.8 Å². The van der Waals surface area contributed by atoms with E-state index in [4.69, 9.17) is 16.9 Å². The van der Waals surface area contributed by atoms with Gasteiger partial charge in [-0.25, -0.2) is 4.98 Å². The summed E-state index contributed by atoms with van der Waals surface area (Å²) in [5.74, 6) is 0.890. The van der Waals surface area contributed by atoms with Gasteiger partial charge in [0.05, 0.1) is 15.6 Å². The van der Waals surface area contributed by atoms with Crippen molar-refractivity contribution in [2.45, 2.75) is 24.7 Å². The minimum absolute atomic E-state index is 0.0197. The molecule has 1 aromatic rings. The van der Waals surface area contributed by atoms with Gasteiger partial charge in [-0.3, -0.25) is 0 Å². The number of aromatic nitrogens is 1. The fourth-order valence-electron chi connectivity index (χ4n) is 3.02. The number of nitrogens with one attached hydrogen (secondary N) is 1. The van der Waals surface area contributed by atoms with Crippen LogP contribution in [0.15, 0.2) is 22.3 Å². The maximum Gasteiger partial charge on any atom is 0.131 e. The van der Waals surface area contributed by atoms with Gasteiger partial charge in [0, 0.05) is 29.8 Å². The first-order chi connectivity index (χ1) is 8.66. The van der Waals surface area contributed by atoms with Crippen molar-refractivity contribution in [1.82, 2.24) is 4.98 Å². The average molecular weight is 325 g/mol. The third kappa shape index (κ3) is 1.65. The molecular formula is C13H11BrClN3. The minimum atomic E-state index is 0.0197. The maximum absolute atomic E-state index is 8.76. The Kier molecular flexibility index (Phi) is 2.84. The molecule has 1 aliphatic heterocycles. The first kappa shape index (κ1) is 12.0. The lowest BCUT2D eigenvalue weighted by atomic mass is 9.81. The van der Waals surface area contributed by atoms with Crippen molar-refractivity contribution in [2.75, 3.05) is 11.9 Å². The largest absolute Gasteiger partial charge is 0.369 e. The normalized spacial score (nSPS) is 27.3. The van der Waals surface area contributed by atoms with Crippen molar-refractivity contribution in [3.8, 4) is 6.07 Å². The number of nitriles is 1. The second kappa shape index (κ2) is 4.25. The van der Waals surface area contributed by atoms with Crippen LogP contribution in [-0.4, -0.2) is 11.5 Å². The highest BCUT2D eigenvalue weighted by Gasteiger charge is 2.45. The molecule has 5 heteroatoms. The fraction of sp³-hybridized carbons (Fsp3) is 0.385. The standard InChI is InChI=1S/C13H11BrClN3/c14-9-6-17-12-10(11(9)15)13(7-18-12)3-1-8(5-13)2-4-16/h2,6H,1,3,5,7H2,(H,17,18)/b8-2+/t13-/m0/s1. The molecule has 92 valence electrons. The lowest BCUT2D eigenvalue weighted by molar-refractivity contribution is 0.496. The SMILES string of the molecule is N#C/C=C1\CC[C@@]2(CNc3ncc(Br)c(Cl)c32)C1. The summed E-state index contributed by atoms with van der Waals surface area (Å²) >= 11 is 9.86. The number of anilines is 1. The molecule has 0 amide bonds. The first-order valence-corrected chi connectivity index (χ1v) is 6.99. The number of nitrogens with zero attached hydrogens (tertiary/aromatic N) is 2. The Bertz CT molecular complexity index is 591. The van der Waals surface area contributed by atoms with Crippen molar-refractivity contribution in [2.24, 2.45) is 0 Å². The van der Waals surface area contributed by atoms with Gasteiger partial charge in [-0.15, -0.1) is 0 Å². The summed E-state index contributed by atoms with van der Waals surface area (Å²) in [6.07, 6.45) is 6.30. The second-order valence-electron chi connectivity index (χ2n) is 4.89. The van der Waals surface area contributed by atoms with Crippen LogP contribution in [0.4, 0.5) is 5.82 Å². The van der Waals surface area contributed by atoms with E-state index >= 15 is 0 Å². The summed E-state index contributed by atoms with van der Waals surface area (Å²) in [5, 5.41) is 12.9. The third-order valence-corrected chi connectivity index (χ3v) is 5.08. The highest BCUT2D eigenvalue weighted by Crippen LogP contribution is 2.52. The molecular weight excluding hydrogens is 314 g/mol. The summed E-state index contributed by atoms with van der Waals surface area (Å²) in [6, 6.07) is 2.13. The van der Waals surface area contributed by atoms with Crippen molar-refractivity contribution in [3.05, 3.63) is 32.9 Å². The van der Waals surface area contributed by atoms with Crippen LogP contribution in [0, 0.1) is 11.3 Å². The number of hydrogen-bond donors (Lipinski definition) is 1. The van der Waals surface area contributed by atoms with E-state index < -0.39 is 0 Å². The zero-order valence-corrected chi connectivity index (χ0v) is 12.0. The molecule has 1 aromatic heterocycles. The first-order valence-electron chi connectivity index (χ1n) is 5.82. The van der Waals surface area contributed by atoms with Crippen LogP contribution >= 0.6 is 27.5 Å². The molecule has 1 fully saturated rings. The van der Waals surface area contributed by atoms with Crippen LogP contribution in [0.2, 0.25) is 5.02 Å². The van der Waals surface area contributed by atoms with E-state index in [1.54, 1.807) is 12.3 Å². The highest BCUT2D eigenvalue weighted by molar-refractivity contribution is 9.10. The number of halogens is 2. The van der Waals surface area contributed by atoms with Gasteiger partial charge in [0.15, 0.2) is 0 Å². The van der Waals surface area contributed by atoms with Crippen LogP contribution < -0.4 is 5.32 Å². The Morgan fingerprint density at radius 3 is 3.22 bits per heavy atom. The molecule has 1 aliphatic carbocycles. The molecule has 2 heterocycles. The van der Waals surface area contributed by atoms with E-state index in [-0.39, 0.29) is 5.41 Å². The van der Waals surface area contributed by atoms with Gasteiger partial charge in [0.25, 0.3) is 0 Å². The van der Waals surface area contributed by atoms with Crippen molar-refractivity contribution in [3.63, 3.8) is 0 Å². The van der Waals surface area contributed by atoms with Gasteiger partial charge >= 0.3 is 0 Å². The number of rotatable bonds is 0. The number of hydrogen-bond acceptors (Lipinski definition) is 3. The Hall–Kier alpha value is -1.05. The second-order valence-corrected chi connectivity index (χ2v) is 6.12. The molecule has 1 spiro atoms. The number of fused-ring (bicyclic) bond motifs is 2. The van der Waals surface area contributed by atoms with Crippen LogP contribution in [-0.2, 0) is 5.41 Å². The predicted molar refractivity (Wildman–Crippen MR) is 74.7 cm³/mol. The summed E-state index contributed by atoms with van der Waals surface area (Å²) in [4.78, 5) is 4.38. The van der Waals surface area contributed by atoms with Gasteiger partial charge in [-0.2, -0.15) is 5.26 Å². The third-order valence-electron chi connectivity index (χ3n) is 3.86. The number of pyridine rings is 1. The van der Waals surface area contributed by atoms with Crippen molar-refractivity contribution < 1.29 is 0 Å². The zero-order valence-electron chi connectivity index (χ0n) is 9.63. The topological polar surface area (TPSA) is 48.7 Å². The Balaban J connectivity index is 2.08. The lowest BCUT2D eigenvalue weighted by Crippen LogP contribution is -2.24. The molecule has 0 radical (unpaired) electrons. The maximum atomic E-state index is 8.76. The highest BCUT2D eigenvalue weighted by atomic mass is 79.9. The quantitative estimate of drug-likeness (QED) is 0.739. The molecule has 2 aliphatic rings. The molecule has 0 unspecified atom stereocenters. The van der Waals surface area contributed by atoms with Crippen LogP contribution in [0.5, 0.6) is 0 Å². The Morgan fingerprint density at radius 1 is 1.61 bits per heavy atom. The van der Waals surface area contributed by atoms with Gasteiger partial charge in [-0.05, 0) is 35.2 Å². The van der Waals surface area contributed by atoms with E-state index in [0.717, 1.165) is 46.7 Å². The average Bonchev–Trinajstić information content (AvgIpc) is 2.91. The molecule has 0 aromatic carbocycles. The molecule has 1 saturated carbocycles. The zero-order chi connectivity index (χ0) is 12.8. The molecule has 0 bridgehead atoms. The van der Waals surface area contributed by atoms with E-state index in [9.17, 15) is 0 Å². The number of allylic oxidation sites excluding steroid dienone is 2. The smallest absolute Gasteiger partial charge is 0.131 e. The summed E-state index contributed by atoms with van der Waals surface area (Å²) in [7, 11) is 0. The van der Waals surface area contributed by atoms with E-state index in [1.165, 1.54) is 5.57 Å². The van der Waals surface area contributed by atoms with Crippen LogP contribution in [0.25, 0.3) is 0 Å². The van der Waals surface area contributed by atoms with E-state index in [1.807, 2.05) is 0 Å². The van der Waals surface area contributed by atoms with Gasteiger partial charge < -0.3 is 5.32 Å². The molecule has 1 N–H and O–H groups in total. The summed E-state index contributed by atoms with van der Waals surface area (Å²) < 4.78 is 0.837. The molecule has 1 atom stereocenters. The molecule has 18 heavy (non-hydrogen) atoms. The molecule has 0 saturated heterocycles. The summed E-state index contributed by atoms with van der Waals surface area (Å²) in [5.41, 5.74) is 2.34. The van der Waals surface area contributed by atoms with Gasteiger partial charge in [0.1, 0.15) is 5.82 Å². The molecule has 3 nitrogen and oxygen atoms in total. The van der Waals surface area contributed by atoms with Gasteiger partial charge in [-0.1, -0.05) is 17.2 Å². The van der Waals surface area contributed by atoms with Crippen molar-refractivity contribution >= 4 is 33.3 Å². The van der Waals surface area contributed by atoms with Gasteiger partial charge in [0.2, 0.25) is 0 Å². The van der Waals surface area contributed by atoms with Crippen molar-refractivity contribution in [1.29, 1.82) is 5.26 Å². The predicted octanol–water partition coefficient (Wildman–Crippen LogP) is 3.79. The Morgan fingerprint density at radius 2 is 2.44 bits per heavy atom. The lowest BCUT2D eigenvalue weighted by Gasteiger charge is -2.23. The fourth-order valence-corrected chi connectivity index (χ4v) is 3.65. The monoisotopic (exact) mass is 323 g/mol. The molecule has 3 rings (SSSR count). The summed E-state index contributed by atoms with van der Waals surface area (Å²) in [6.45, 7) is 0.855. The minimum Gasteiger partial charge on any atom is -0.369 e. The van der Waals surface area contributed by atoms with Crippen LogP contribution in [0.3, 0.4) is 0 Å². The van der Waals surface area contributed by atoms with E-state index in [0.29, 0.717) is 0 Å². The Labute approximate surface area is 119 Å². The van der Waals surface area contributed by atoms with E-state index in [2.05, 4.69) is 32.3 Å².